The first-order chi connectivity index (χ1) is 14.0. The van der Waals surface area contributed by atoms with Gasteiger partial charge in [0.1, 0.15) is 30.4 Å². The monoisotopic (exact) mass is 396 g/mol. The maximum absolute atomic E-state index is 13.5. The number of benzene rings is 3. The molecule has 0 aliphatic heterocycles. The summed E-state index contributed by atoms with van der Waals surface area (Å²) >= 11 is 0. The van der Waals surface area contributed by atoms with Crippen LogP contribution >= 0.6 is 0 Å². The van der Waals surface area contributed by atoms with Gasteiger partial charge in [-0.25, -0.2) is 8.78 Å². The van der Waals surface area contributed by atoms with Crippen molar-refractivity contribution in [2.75, 3.05) is 10.6 Å². The van der Waals surface area contributed by atoms with Gasteiger partial charge in [0.2, 0.25) is 11.8 Å². The first-order valence-electron chi connectivity index (χ1n) is 8.81. The van der Waals surface area contributed by atoms with Crippen LogP contribution in [0.25, 0.3) is 0 Å². The van der Waals surface area contributed by atoms with Crippen LogP contribution < -0.4 is 15.4 Å². The highest BCUT2D eigenvalue weighted by Crippen LogP contribution is 2.18. The van der Waals surface area contributed by atoms with Crippen LogP contribution in [0.3, 0.4) is 0 Å². The minimum absolute atomic E-state index is 0.191. The van der Waals surface area contributed by atoms with Crippen LogP contribution in [0.4, 0.5) is 20.2 Å². The third-order valence-electron chi connectivity index (χ3n) is 3.91. The number of hydrogen-bond acceptors (Lipinski definition) is 3. The van der Waals surface area contributed by atoms with Gasteiger partial charge in [0.15, 0.2) is 0 Å². The minimum atomic E-state index is -0.912. The van der Waals surface area contributed by atoms with Crippen LogP contribution in [0.5, 0.6) is 5.75 Å². The van der Waals surface area contributed by atoms with Gasteiger partial charge >= 0.3 is 0 Å². The Balaban J connectivity index is 1.48. The molecule has 3 rings (SSSR count). The number of carbonyl (C=O) groups excluding carboxylic acids is 2. The zero-order valence-corrected chi connectivity index (χ0v) is 15.3. The Hall–Kier alpha value is -3.74. The van der Waals surface area contributed by atoms with Crippen molar-refractivity contribution in [1.29, 1.82) is 0 Å². The summed E-state index contributed by atoms with van der Waals surface area (Å²) in [4.78, 5) is 23.9. The lowest BCUT2D eigenvalue weighted by atomic mass is 10.2. The topological polar surface area (TPSA) is 67.4 Å². The van der Waals surface area contributed by atoms with Crippen LogP contribution in [0.15, 0.2) is 72.8 Å². The second-order valence-corrected chi connectivity index (χ2v) is 6.20. The molecule has 0 bridgehead atoms. The average molecular weight is 396 g/mol. The molecule has 0 spiro atoms. The first-order valence-corrected chi connectivity index (χ1v) is 8.81. The lowest BCUT2D eigenvalue weighted by Gasteiger charge is -2.09. The Kier molecular flexibility index (Phi) is 6.52. The molecule has 0 saturated carbocycles. The number of amides is 2. The molecule has 3 aromatic carbocycles. The number of carbonyl (C=O) groups is 2. The molecule has 5 nitrogen and oxygen atoms in total. The van der Waals surface area contributed by atoms with Crippen molar-refractivity contribution in [2.45, 2.75) is 13.0 Å². The van der Waals surface area contributed by atoms with Crippen molar-refractivity contribution in [3.63, 3.8) is 0 Å². The summed E-state index contributed by atoms with van der Waals surface area (Å²) in [5.74, 6) is -2.31. The van der Waals surface area contributed by atoms with E-state index in [0.717, 1.165) is 17.7 Å². The minimum Gasteiger partial charge on any atom is -0.489 e. The third-order valence-corrected chi connectivity index (χ3v) is 3.91. The van der Waals surface area contributed by atoms with Crippen LogP contribution in [-0.2, 0) is 16.2 Å². The van der Waals surface area contributed by atoms with Gasteiger partial charge in [-0.05, 0) is 42.0 Å². The smallest absolute Gasteiger partial charge is 0.233 e. The molecule has 0 unspecified atom stereocenters. The molecule has 7 heteroatoms. The number of halogens is 2. The Labute approximate surface area is 166 Å². The van der Waals surface area contributed by atoms with Gasteiger partial charge in [-0.15, -0.1) is 0 Å². The predicted molar refractivity (Wildman–Crippen MR) is 105 cm³/mol. The summed E-state index contributed by atoms with van der Waals surface area (Å²) in [5.41, 5.74) is 1.33. The van der Waals surface area contributed by atoms with E-state index < -0.39 is 29.9 Å². The fourth-order valence-electron chi connectivity index (χ4n) is 2.51. The molecular formula is C22H18F2N2O3. The lowest BCUT2D eigenvalue weighted by molar-refractivity contribution is -0.123. The molecular weight excluding hydrogens is 378 g/mol. The fourth-order valence-corrected chi connectivity index (χ4v) is 2.51. The fraction of sp³-hybridized carbons (Fsp3) is 0.0909. The van der Waals surface area contributed by atoms with Crippen molar-refractivity contribution in [1.82, 2.24) is 0 Å². The molecule has 0 heterocycles. The van der Waals surface area contributed by atoms with E-state index in [9.17, 15) is 18.4 Å². The Morgan fingerprint density at radius 1 is 0.828 bits per heavy atom. The molecule has 2 amide bonds. The van der Waals surface area contributed by atoms with Crippen molar-refractivity contribution < 1.29 is 23.1 Å². The Bertz CT molecular complexity index is 993. The van der Waals surface area contributed by atoms with E-state index in [4.69, 9.17) is 4.74 Å². The van der Waals surface area contributed by atoms with Crippen molar-refractivity contribution in [3.8, 4) is 5.75 Å². The number of hydrogen-bond donors (Lipinski definition) is 2. The molecule has 3 aromatic rings. The molecule has 0 aliphatic rings. The molecule has 0 saturated heterocycles. The van der Waals surface area contributed by atoms with Gasteiger partial charge in [-0.3, -0.25) is 9.59 Å². The largest absolute Gasteiger partial charge is 0.489 e. The molecule has 29 heavy (non-hydrogen) atoms. The number of nitrogens with one attached hydrogen (secondary N) is 2. The maximum atomic E-state index is 13.5. The molecule has 148 valence electrons. The summed E-state index contributed by atoms with van der Waals surface area (Å²) in [7, 11) is 0. The normalized spacial score (nSPS) is 10.3. The van der Waals surface area contributed by atoms with Gasteiger partial charge < -0.3 is 15.4 Å². The van der Waals surface area contributed by atoms with Gasteiger partial charge in [0.05, 0.1) is 5.69 Å². The molecule has 0 aromatic heterocycles. The van der Waals surface area contributed by atoms with Crippen molar-refractivity contribution in [2.24, 2.45) is 0 Å². The SMILES string of the molecule is O=C(CC(=O)Nc1ccc(F)cc1F)Nc1ccc(OCc2ccccc2)cc1. The number of rotatable bonds is 7. The second-order valence-electron chi connectivity index (χ2n) is 6.20. The van der Waals surface area contributed by atoms with Crippen molar-refractivity contribution >= 4 is 23.2 Å². The van der Waals surface area contributed by atoms with Gasteiger partial charge in [-0.1, -0.05) is 30.3 Å². The summed E-state index contributed by atoms with van der Waals surface area (Å²) < 4.78 is 32.1. The molecule has 0 atom stereocenters. The third kappa shape index (κ3) is 6.14. The second kappa shape index (κ2) is 9.45. The quantitative estimate of drug-likeness (QED) is 0.578. The summed E-state index contributed by atoms with van der Waals surface area (Å²) in [6.07, 6.45) is -0.511. The van der Waals surface area contributed by atoms with Gasteiger partial charge in [0.25, 0.3) is 0 Å². The highest BCUT2D eigenvalue weighted by Gasteiger charge is 2.12. The summed E-state index contributed by atoms with van der Waals surface area (Å²) in [6.45, 7) is 0.423. The van der Waals surface area contributed by atoms with E-state index in [0.29, 0.717) is 24.1 Å². The van der Waals surface area contributed by atoms with Gasteiger partial charge in [-0.2, -0.15) is 0 Å². The van der Waals surface area contributed by atoms with E-state index in [1.807, 2.05) is 30.3 Å². The van der Waals surface area contributed by atoms with Crippen LogP contribution in [0.2, 0.25) is 0 Å². The van der Waals surface area contributed by atoms with Gasteiger partial charge in [0, 0.05) is 11.8 Å². The molecule has 0 radical (unpaired) electrons. The van der Waals surface area contributed by atoms with E-state index >= 15 is 0 Å². The number of ether oxygens (including phenoxy) is 1. The maximum Gasteiger partial charge on any atom is 0.233 e. The predicted octanol–water partition coefficient (Wildman–Crippen LogP) is 4.51. The van der Waals surface area contributed by atoms with E-state index in [1.54, 1.807) is 24.3 Å². The standard InChI is InChI=1S/C22H18F2N2O3/c23-16-6-11-20(19(24)12-16)26-22(28)13-21(27)25-17-7-9-18(10-8-17)29-14-15-4-2-1-3-5-15/h1-12H,13-14H2,(H,25,27)(H,26,28). The van der Waals surface area contributed by atoms with Crippen molar-refractivity contribution in [3.05, 3.63) is 90.0 Å². The molecule has 0 aliphatic carbocycles. The van der Waals surface area contributed by atoms with E-state index in [1.165, 1.54) is 0 Å². The lowest BCUT2D eigenvalue weighted by Crippen LogP contribution is -2.21. The van der Waals surface area contributed by atoms with E-state index in [-0.39, 0.29) is 5.69 Å². The highest BCUT2D eigenvalue weighted by atomic mass is 19.1. The van der Waals surface area contributed by atoms with Crippen LogP contribution in [0, 0.1) is 11.6 Å². The first kappa shape index (κ1) is 20.0. The number of anilines is 2. The summed E-state index contributed by atoms with van der Waals surface area (Å²) in [5, 5.41) is 4.81. The zero-order valence-electron chi connectivity index (χ0n) is 15.3. The summed E-state index contributed by atoms with van der Waals surface area (Å²) in [6, 6.07) is 19.2. The van der Waals surface area contributed by atoms with E-state index in [2.05, 4.69) is 10.6 Å². The zero-order chi connectivity index (χ0) is 20.6. The van der Waals surface area contributed by atoms with Crippen LogP contribution in [0.1, 0.15) is 12.0 Å². The molecule has 0 fully saturated rings. The highest BCUT2D eigenvalue weighted by molar-refractivity contribution is 6.08. The molecule has 2 N–H and O–H groups in total. The Morgan fingerprint density at radius 3 is 2.21 bits per heavy atom. The van der Waals surface area contributed by atoms with Crippen LogP contribution in [-0.4, -0.2) is 11.8 Å². The Morgan fingerprint density at radius 2 is 1.52 bits per heavy atom. The average Bonchev–Trinajstić information content (AvgIpc) is 2.70.